The van der Waals surface area contributed by atoms with E-state index in [4.69, 9.17) is 4.42 Å². The Balaban J connectivity index is 1.41. The van der Waals surface area contributed by atoms with Crippen LogP contribution in [-0.2, 0) is 16.6 Å². The Labute approximate surface area is 202 Å². The van der Waals surface area contributed by atoms with Gasteiger partial charge in [-0.25, -0.2) is 8.42 Å². The highest BCUT2D eigenvalue weighted by Crippen LogP contribution is 2.27. The smallest absolute Gasteiger partial charge is 0.276 e. The van der Waals surface area contributed by atoms with Gasteiger partial charge in [0.15, 0.2) is 0 Å². The van der Waals surface area contributed by atoms with E-state index < -0.39 is 27.9 Å². The van der Waals surface area contributed by atoms with Crippen molar-refractivity contribution in [2.24, 2.45) is 0 Å². The number of aliphatic hydroxyl groups is 1. The summed E-state index contributed by atoms with van der Waals surface area (Å²) < 4.78 is 33.8. The normalized spacial score (nSPS) is 14.6. The number of rotatable bonds is 8. The summed E-state index contributed by atoms with van der Waals surface area (Å²) in [4.78, 5) is 26.3. The van der Waals surface area contributed by atoms with Crippen LogP contribution in [0.25, 0.3) is 11.0 Å². The lowest BCUT2D eigenvalue weighted by Crippen LogP contribution is -2.44. The Hall–Kier alpha value is -3.79. The van der Waals surface area contributed by atoms with E-state index in [-0.39, 0.29) is 35.9 Å². The van der Waals surface area contributed by atoms with Crippen molar-refractivity contribution in [1.82, 2.24) is 9.21 Å². The summed E-state index contributed by atoms with van der Waals surface area (Å²) >= 11 is 0. The van der Waals surface area contributed by atoms with E-state index in [1.807, 2.05) is 6.07 Å². The Morgan fingerprint density at radius 3 is 2.11 bits per heavy atom. The minimum Gasteiger partial charge on any atom is -0.443 e. The fourth-order valence-corrected chi connectivity index (χ4v) is 5.57. The van der Waals surface area contributed by atoms with Gasteiger partial charge in [0.05, 0.1) is 23.8 Å². The van der Waals surface area contributed by atoms with Gasteiger partial charge in [0.2, 0.25) is 5.09 Å². The number of benzene rings is 3. The third kappa shape index (κ3) is 4.37. The molecule has 2 amide bonds. The molecule has 0 saturated carbocycles. The Morgan fingerprint density at radius 1 is 0.857 bits per heavy atom. The van der Waals surface area contributed by atoms with Gasteiger partial charge in [-0.15, -0.1) is 0 Å². The number of hydrogen-bond donors (Lipinski definition) is 1. The second-order valence-corrected chi connectivity index (χ2v) is 10.2. The average molecular weight is 491 g/mol. The summed E-state index contributed by atoms with van der Waals surface area (Å²) in [5.41, 5.74) is 1.67. The molecule has 35 heavy (non-hydrogen) atoms. The molecule has 8 nitrogen and oxygen atoms in total. The molecule has 1 aliphatic heterocycles. The molecule has 9 heteroatoms. The first-order valence-electron chi connectivity index (χ1n) is 11.0. The van der Waals surface area contributed by atoms with Crippen molar-refractivity contribution >= 4 is 32.8 Å². The van der Waals surface area contributed by atoms with Crippen molar-refractivity contribution in [1.29, 1.82) is 0 Å². The number of amides is 2. The Bertz CT molecular complexity index is 1450. The second kappa shape index (κ2) is 9.10. The van der Waals surface area contributed by atoms with E-state index in [9.17, 15) is 23.1 Å². The number of sulfonamides is 1. The molecule has 178 valence electrons. The van der Waals surface area contributed by atoms with Crippen LogP contribution in [0, 0.1) is 0 Å². The zero-order chi connectivity index (χ0) is 24.6. The third-order valence-electron chi connectivity index (χ3n) is 5.88. The number of carbonyl (C=O) groups is 2. The number of furan rings is 1. The lowest BCUT2D eigenvalue weighted by Gasteiger charge is -2.25. The van der Waals surface area contributed by atoms with Crippen LogP contribution in [-0.4, -0.2) is 53.7 Å². The van der Waals surface area contributed by atoms with Crippen molar-refractivity contribution in [2.75, 3.05) is 13.1 Å². The SMILES string of the molecule is O=C1c2ccccc2C(=O)N1CC(O)CN(Cc1ccccc1)S(=O)(=O)c1cc2ccccc2o1. The molecule has 1 N–H and O–H groups in total. The van der Waals surface area contributed by atoms with Crippen molar-refractivity contribution < 1.29 is 27.5 Å². The fraction of sp³-hybridized carbons (Fsp3) is 0.154. The zero-order valence-electron chi connectivity index (χ0n) is 18.6. The van der Waals surface area contributed by atoms with Gasteiger partial charge in [-0.2, -0.15) is 4.31 Å². The first-order valence-corrected chi connectivity index (χ1v) is 12.4. The second-order valence-electron chi connectivity index (χ2n) is 8.31. The summed E-state index contributed by atoms with van der Waals surface area (Å²) in [6.07, 6.45) is -1.32. The molecule has 0 aliphatic carbocycles. The quantitative estimate of drug-likeness (QED) is 0.380. The average Bonchev–Trinajstić information content (AvgIpc) is 3.41. The summed E-state index contributed by atoms with van der Waals surface area (Å²) in [5, 5.41) is 11.2. The maximum Gasteiger partial charge on any atom is 0.276 e. The van der Waals surface area contributed by atoms with Crippen molar-refractivity contribution in [3.63, 3.8) is 0 Å². The van der Waals surface area contributed by atoms with Crippen LogP contribution >= 0.6 is 0 Å². The maximum absolute atomic E-state index is 13.6. The van der Waals surface area contributed by atoms with Gasteiger partial charge in [-0.1, -0.05) is 60.7 Å². The van der Waals surface area contributed by atoms with Crippen LogP contribution in [0.15, 0.2) is 94.4 Å². The highest BCUT2D eigenvalue weighted by molar-refractivity contribution is 7.89. The molecule has 3 aromatic carbocycles. The van der Waals surface area contributed by atoms with Gasteiger partial charge >= 0.3 is 0 Å². The number of carbonyl (C=O) groups excluding carboxylic acids is 2. The first-order chi connectivity index (χ1) is 16.8. The highest BCUT2D eigenvalue weighted by atomic mass is 32.2. The van der Waals surface area contributed by atoms with Gasteiger partial charge in [-0.05, 0) is 23.8 Å². The van der Waals surface area contributed by atoms with E-state index in [0.717, 1.165) is 9.21 Å². The predicted molar refractivity (Wildman–Crippen MR) is 128 cm³/mol. The number of nitrogens with zero attached hydrogens (tertiary/aromatic N) is 2. The molecule has 2 heterocycles. The largest absolute Gasteiger partial charge is 0.443 e. The summed E-state index contributed by atoms with van der Waals surface area (Å²) in [6, 6.07) is 23.8. The molecule has 4 aromatic rings. The molecule has 0 spiro atoms. The van der Waals surface area contributed by atoms with Gasteiger partial charge in [-0.3, -0.25) is 14.5 Å². The van der Waals surface area contributed by atoms with Crippen molar-refractivity contribution in [2.45, 2.75) is 17.7 Å². The molecule has 1 atom stereocenters. The minimum atomic E-state index is -4.15. The highest BCUT2D eigenvalue weighted by Gasteiger charge is 2.37. The standard InChI is InChI=1S/C26H22N2O6S/c29-20(17-28-25(30)21-11-5-6-12-22(21)26(28)31)16-27(15-18-8-2-1-3-9-18)35(32,33)24-14-19-10-4-7-13-23(19)34-24/h1-14,20,29H,15-17H2. The van der Waals surface area contributed by atoms with Crippen LogP contribution in [0.2, 0.25) is 0 Å². The van der Waals surface area contributed by atoms with Crippen molar-refractivity contribution in [3.05, 3.63) is 102 Å². The molecule has 1 unspecified atom stereocenters. The number of β-amino-alcohol motifs (C(OH)–C–C–N with tert-alkyl or cyclic N) is 1. The van der Waals surface area contributed by atoms with Crippen LogP contribution in [0.3, 0.4) is 0 Å². The van der Waals surface area contributed by atoms with Crippen LogP contribution in [0.5, 0.6) is 0 Å². The van der Waals surface area contributed by atoms with Crippen LogP contribution < -0.4 is 0 Å². The fourth-order valence-electron chi connectivity index (χ4n) is 4.16. The van der Waals surface area contributed by atoms with E-state index in [1.54, 1.807) is 72.8 Å². The van der Waals surface area contributed by atoms with E-state index in [0.29, 0.717) is 16.5 Å². The van der Waals surface area contributed by atoms with E-state index in [2.05, 4.69) is 0 Å². The monoisotopic (exact) mass is 490 g/mol. The number of imide groups is 1. The first kappa shape index (κ1) is 23.0. The molecule has 0 fully saturated rings. The number of aliphatic hydroxyl groups excluding tert-OH is 1. The number of para-hydroxylation sites is 1. The third-order valence-corrected chi connectivity index (χ3v) is 7.55. The molecule has 0 saturated heterocycles. The van der Waals surface area contributed by atoms with Crippen molar-refractivity contribution in [3.8, 4) is 0 Å². The summed E-state index contributed by atoms with van der Waals surface area (Å²) in [6.45, 7) is -0.714. The zero-order valence-corrected chi connectivity index (χ0v) is 19.4. The molecule has 1 aromatic heterocycles. The molecule has 5 rings (SSSR count). The van der Waals surface area contributed by atoms with Crippen LogP contribution in [0.1, 0.15) is 26.3 Å². The molecular weight excluding hydrogens is 468 g/mol. The molecular formula is C26H22N2O6S. The Kier molecular flexibility index (Phi) is 5.98. The Morgan fingerprint density at radius 2 is 1.46 bits per heavy atom. The number of hydrogen-bond acceptors (Lipinski definition) is 6. The summed E-state index contributed by atoms with van der Waals surface area (Å²) in [5.74, 6) is -1.03. The molecule has 1 aliphatic rings. The van der Waals surface area contributed by atoms with E-state index >= 15 is 0 Å². The molecule has 0 bridgehead atoms. The van der Waals surface area contributed by atoms with Gasteiger partial charge < -0.3 is 9.52 Å². The van der Waals surface area contributed by atoms with Gasteiger partial charge in [0, 0.05) is 24.5 Å². The van der Waals surface area contributed by atoms with E-state index in [1.165, 1.54) is 6.07 Å². The maximum atomic E-state index is 13.6. The summed E-state index contributed by atoms with van der Waals surface area (Å²) in [7, 11) is -4.15. The topological polar surface area (TPSA) is 108 Å². The van der Waals surface area contributed by atoms with Gasteiger partial charge in [0.1, 0.15) is 5.58 Å². The molecule has 0 radical (unpaired) electrons. The minimum absolute atomic E-state index is 0.0284. The lowest BCUT2D eigenvalue weighted by molar-refractivity contribution is 0.0516. The van der Waals surface area contributed by atoms with Gasteiger partial charge in [0.25, 0.3) is 21.8 Å². The predicted octanol–water partition coefficient (Wildman–Crippen LogP) is 3.28. The number of fused-ring (bicyclic) bond motifs is 2. The lowest BCUT2D eigenvalue weighted by atomic mass is 10.1. The van der Waals surface area contributed by atoms with Crippen LogP contribution in [0.4, 0.5) is 0 Å².